The van der Waals surface area contributed by atoms with Gasteiger partial charge in [-0.3, -0.25) is 4.98 Å². The van der Waals surface area contributed by atoms with Gasteiger partial charge in [-0.25, -0.2) is 4.39 Å². The van der Waals surface area contributed by atoms with Crippen LogP contribution in [-0.4, -0.2) is 11.5 Å². The first kappa shape index (κ1) is 15.4. The standard InChI is InChI=1S/C16H18F2N2O/c1-11(2)8-20-10-12-9-19-7-6-14(12)21-15-5-3-4-13(17)16(15)18/h3-7,9,11,20H,8,10H2,1-2H3. The number of ether oxygens (including phenoxy) is 1. The van der Waals surface area contributed by atoms with E-state index in [4.69, 9.17) is 4.74 Å². The van der Waals surface area contributed by atoms with Crippen LogP contribution in [0.3, 0.4) is 0 Å². The van der Waals surface area contributed by atoms with Gasteiger partial charge in [-0.05, 0) is 30.7 Å². The summed E-state index contributed by atoms with van der Waals surface area (Å²) in [4.78, 5) is 4.04. The van der Waals surface area contributed by atoms with Gasteiger partial charge >= 0.3 is 0 Å². The number of halogens is 2. The lowest BCUT2D eigenvalue weighted by molar-refractivity contribution is 0.410. The second-order valence-electron chi connectivity index (χ2n) is 5.16. The minimum Gasteiger partial charge on any atom is -0.454 e. The quantitative estimate of drug-likeness (QED) is 0.877. The first-order valence-electron chi connectivity index (χ1n) is 6.83. The average molecular weight is 292 g/mol. The highest BCUT2D eigenvalue weighted by molar-refractivity contribution is 5.36. The molecular formula is C16H18F2N2O. The highest BCUT2D eigenvalue weighted by Crippen LogP contribution is 2.27. The van der Waals surface area contributed by atoms with E-state index in [1.54, 1.807) is 18.5 Å². The van der Waals surface area contributed by atoms with Crippen molar-refractivity contribution in [1.82, 2.24) is 10.3 Å². The number of aromatic nitrogens is 1. The molecule has 0 spiro atoms. The first-order chi connectivity index (χ1) is 10.1. The van der Waals surface area contributed by atoms with Gasteiger partial charge in [-0.1, -0.05) is 19.9 Å². The van der Waals surface area contributed by atoms with E-state index in [-0.39, 0.29) is 5.75 Å². The molecular weight excluding hydrogens is 274 g/mol. The second kappa shape index (κ2) is 7.13. The minimum absolute atomic E-state index is 0.133. The maximum absolute atomic E-state index is 13.6. The van der Waals surface area contributed by atoms with E-state index < -0.39 is 11.6 Å². The van der Waals surface area contributed by atoms with Gasteiger partial charge < -0.3 is 10.1 Å². The molecule has 0 aliphatic rings. The maximum Gasteiger partial charge on any atom is 0.201 e. The summed E-state index contributed by atoms with van der Waals surface area (Å²) >= 11 is 0. The molecule has 0 fully saturated rings. The zero-order valence-corrected chi connectivity index (χ0v) is 12.1. The van der Waals surface area contributed by atoms with Gasteiger partial charge in [-0.2, -0.15) is 4.39 Å². The van der Waals surface area contributed by atoms with Crippen LogP contribution in [0.25, 0.3) is 0 Å². The molecule has 21 heavy (non-hydrogen) atoms. The summed E-state index contributed by atoms with van der Waals surface area (Å²) in [5.41, 5.74) is 0.793. The zero-order valence-electron chi connectivity index (χ0n) is 12.1. The summed E-state index contributed by atoms with van der Waals surface area (Å²) in [5, 5.41) is 3.27. The van der Waals surface area contributed by atoms with Crippen molar-refractivity contribution in [3.8, 4) is 11.5 Å². The molecule has 0 aliphatic heterocycles. The van der Waals surface area contributed by atoms with Crippen LogP contribution < -0.4 is 10.1 Å². The Kier molecular flexibility index (Phi) is 5.22. The highest BCUT2D eigenvalue weighted by atomic mass is 19.2. The van der Waals surface area contributed by atoms with Crippen LogP contribution in [0.1, 0.15) is 19.4 Å². The number of rotatable bonds is 6. The summed E-state index contributed by atoms with van der Waals surface area (Å²) in [6.07, 6.45) is 3.21. The van der Waals surface area contributed by atoms with Crippen LogP contribution in [-0.2, 0) is 6.54 Å². The number of hydrogen-bond donors (Lipinski definition) is 1. The summed E-state index contributed by atoms with van der Waals surface area (Å²) in [6, 6.07) is 5.49. The van der Waals surface area contributed by atoms with E-state index in [1.165, 1.54) is 12.1 Å². The van der Waals surface area contributed by atoms with Crippen molar-refractivity contribution < 1.29 is 13.5 Å². The largest absolute Gasteiger partial charge is 0.454 e. The van der Waals surface area contributed by atoms with Crippen molar-refractivity contribution in [3.63, 3.8) is 0 Å². The molecule has 1 aromatic heterocycles. The zero-order chi connectivity index (χ0) is 15.2. The molecule has 1 aromatic carbocycles. The fourth-order valence-corrected chi connectivity index (χ4v) is 1.82. The molecule has 2 aromatic rings. The van der Waals surface area contributed by atoms with Gasteiger partial charge in [0.25, 0.3) is 0 Å². The second-order valence-corrected chi connectivity index (χ2v) is 5.16. The van der Waals surface area contributed by atoms with Gasteiger partial charge in [0.1, 0.15) is 5.75 Å². The lowest BCUT2D eigenvalue weighted by Crippen LogP contribution is -2.19. The Morgan fingerprint density at radius 2 is 2.00 bits per heavy atom. The van der Waals surface area contributed by atoms with Gasteiger partial charge in [0, 0.05) is 24.5 Å². The van der Waals surface area contributed by atoms with E-state index in [1.807, 2.05) is 0 Å². The van der Waals surface area contributed by atoms with Gasteiger partial charge in [-0.15, -0.1) is 0 Å². The molecule has 0 saturated carbocycles. The maximum atomic E-state index is 13.6. The topological polar surface area (TPSA) is 34.2 Å². The van der Waals surface area contributed by atoms with Gasteiger partial charge in [0.2, 0.25) is 5.82 Å². The molecule has 0 aliphatic carbocycles. The molecule has 0 unspecified atom stereocenters. The Balaban J connectivity index is 2.14. The molecule has 112 valence electrons. The van der Waals surface area contributed by atoms with Crippen molar-refractivity contribution >= 4 is 0 Å². The minimum atomic E-state index is -0.990. The smallest absolute Gasteiger partial charge is 0.201 e. The van der Waals surface area contributed by atoms with E-state index >= 15 is 0 Å². The van der Waals surface area contributed by atoms with Crippen molar-refractivity contribution in [2.75, 3.05) is 6.54 Å². The van der Waals surface area contributed by atoms with E-state index in [0.717, 1.165) is 18.2 Å². The third-order valence-corrected chi connectivity index (χ3v) is 2.86. The lowest BCUT2D eigenvalue weighted by Gasteiger charge is -2.13. The molecule has 0 saturated heterocycles. The molecule has 2 rings (SSSR count). The van der Waals surface area contributed by atoms with Crippen LogP contribution in [0.2, 0.25) is 0 Å². The summed E-state index contributed by atoms with van der Waals surface area (Å²) in [6.45, 7) is 5.62. The number of benzene rings is 1. The van der Waals surface area contributed by atoms with Crippen molar-refractivity contribution in [1.29, 1.82) is 0 Å². The molecule has 5 heteroatoms. The van der Waals surface area contributed by atoms with Crippen molar-refractivity contribution in [3.05, 3.63) is 53.9 Å². The summed E-state index contributed by atoms with van der Waals surface area (Å²) in [5.74, 6) is -1.07. The van der Waals surface area contributed by atoms with Crippen LogP contribution in [0.5, 0.6) is 11.5 Å². The molecule has 3 nitrogen and oxygen atoms in total. The molecule has 0 radical (unpaired) electrons. The Morgan fingerprint density at radius 3 is 2.76 bits per heavy atom. The summed E-state index contributed by atoms with van der Waals surface area (Å²) < 4.78 is 32.3. The number of nitrogens with zero attached hydrogens (tertiary/aromatic N) is 1. The third kappa shape index (κ3) is 4.23. The Bertz CT molecular complexity index is 603. The fourth-order valence-electron chi connectivity index (χ4n) is 1.82. The monoisotopic (exact) mass is 292 g/mol. The number of hydrogen-bond acceptors (Lipinski definition) is 3. The van der Waals surface area contributed by atoms with E-state index in [2.05, 4.69) is 24.1 Å². The van der Waals surface area contributed by atoms with Crippen molar-refractivity contribution in [2.24, 2.45) is 5.92 Å². The predicted molar refractivity (Wildman–Crippen MR) is 77.2 cm³/mol. The van der Waals surface area contributed by atoms with Crippen LogP contribution >= 0.6 is 0 Å². The van der Waals surface area contributed by atoms with Crippen LogP contribution in [0.4, 0.5) is 8.78 Å². The molecule has 1 heterocycles. The molecule has 0 bridgehead atoms. The Hall–Kier alpha value is -2.01. The Morgan fingerprint density at radius 1 is 1.19 bits per heavy atom. The van der Waals surface area contributed by atoms with Gasteiger partial charge in [0.15, 0.2) is 11.6 Å². The van der Waals surface area contributed by atoms with Crippen LogP contribution in [0.15, 0.2) is 36.7 Å². The lowest BCUT2D eigenvalue weighted by atomic mass is 10.2. The first-order valence-corrected chi connectivity index (χ1v) is 6.83. The fraction of sp³-hybridized carbons (Fsp3) is 0.312. The normalized spacial score (nSPS) is 10.9. The highest BCUT2D eigenvalue weighted by Gasteiger charge is 2.12. The van der Waals surface area contributed by atoms with Crippen molar-refractivity contribution in [2.45, 2.75) is 20.4 Å². The molecule has 0 amide bonds. The Labute approximate surface area is 123 Å². The van der Waals surface area contributed by atoms with E-state index in [0.29, 0.717) is 18.2 Å². The van der Waals surface area contributed by atoms with Gasteiger partial charge in [0.05, 0.1) is 0 Å². The predicted octanol–water partition coefficient (Wildman–Crippen LogP) is 3.90. The summed E-state index contributed by atoms with van der Waals surface area (Å²) in [7, 11) is 0. The molecule has 1 N–H and O–H groups in total. The average Bonchev–Trinajstić information content (AvgIpc) is 2.45. The number of pyridine rings is 1. The van der Waals surface area contributed by atoms with E-state index in [9.17, 15) is 8.78 Å². The van der Waals surface area contributed by atoms with Crippen LogP contribution in [0, 0.1) is 17.6 Å². The third-order valence-electron chi connectivity index (χ3n) is 2.86. The number of nitrogens with one attached hydrogen (secondary N) is 1. The molecule has 0 atom stereocenters. The SMILES string of the molecule is CC(C)CNCc1cnccc1Oc1cccc(F)c1F.